The molecule has 116 valence electrons. The third kappa shape index (κ3) is 7.84. The molecule has 22 heavy (non-hydrogen) atoms. The molecule has 1 N–H and O–H groups in total. The van der Waals surface area contributed by atoms with Crippen LogP contribution in [0.1, 0.15) is 12.0 Å². The molecule has 1 aliphatic carbocycles. The van der Waals surface area contributed by atoms with Crippen molar-refractivity contribution in [2.45, 2.75) is 12.0 Å². The molecule has 5 nitrogen and oxygen atoms in total. The number of rotatable bonds is 2. The van der Waals surface area contributed by atoms with Crippen molar-refractivity contribution in [3.8, 4) is 0 Å². The van der Waals surface area contributed by atoms with Crippen LogP contribution >= 0.6 is 0 Å². The number of ether oxygens (including phenoxy) is 1. The Labute approximate surface area is 140 Å². The van der Waals surface area contributed by atoms with E-state index in [1.165, 1.54) is 0 Å². The van der Waals surface area contributed by atoms with E-state index in [2.05, 4.69) is 20.0 Å². The summed E-state index contributed by atoms with van der Waals surface area (Å²) >= 11 is 0. The van der Waals surface area contributed by atoms with Gasteiger partial charge in [0.15, 0.2) is 0 Å². The van der Waals surface area contributed by atoms with Gasteiger partial charge in [0.2, 0.25) is 0 Å². The largest absolute Gasteiger partial charge is 0 e. The monoisotopic (exact) mass is 342 g/mol. The van der Waals surface area contributed by atoms with E-state index in [0.29, 0.717) is 6.42 Å². The number of hydrogen-bond acceptors (Lipinski definition) is 2. The van der Waals surface area contributed by atoms with Gasteiger partial charge in [-0.1, -0.05) is 30.3 Å². The number of allylic oxidation sites excluding steroid dienone is 1. The molecule has 1 aromatic carbocycles. The zero-order chi connectivity index (χ0) is 16.7. The fourth-order valence-corrected chi connectivity index (χ4v) is 1.70. The maximum Gasteiger partial charge on any atom is 0 e. The molecule has 1 atom stereocenters. The van der Waals surface area contributed by atoms with Gasteiger partial charge in [-0.15, -0.1) is 0 Å². The van der Waals surface area contributed by atoms with Crippen molar-refractivity contribution in [1.29, 1.82) is 0 Å². The smallest absolute Gasteiger partial charge is 0 e. The Balaban J connectivity index is -0.000000463. The van der Waals surface area contributed by atoms with E-state index in [1.807, 2.05) is 36.4 Å². The fourth-order valence-electron chi connectivity index (χ4n) is 1.70. The molecule has 0 aliphatic heterocycles. The summed E-state index contributed by atoms with van der Waals surface area (Å²) in [7, 11) is 1.63. The second kappa shape index (κ2) is 15.6. The van der Waals surface area contributed by atoms with Crippen molar-refractivity contribution < 1.29 is 40.9 Å². The Hall–Kier alpha value is -1.80. The third-order valence-electron chi connectivity index (χ3n) is 2.65. The predicted molar refractivity (Wildman–Crippen MR) is 71.0 cm³/mol. The van der Waals surface area contributed by atoms with E-state index in [9.17, 15) is 5.11 Å². The van der Waals surface area contributed by atoms with E-state index in [-0.39, 0.29) is 17.1 Å². The molecule has 0 heterocycles. The first-order chi connectivity index (χ1) is 10.2. The molecule has 0 fully saturated rings. The van der Waals surface area contributed by atoms with Crippen LogP contribution in [0.25, 0.3) is 0 Å². The first kappa shape index (κ1) is 25.2. The third-order valence-corrected chi connectivity index (χ3v) is 2.65. The first-order valence-electron chi connectivity index (χ1n) is 5.57. The van der Waals surface area contributed by atoms with E-state index in [0.717, 1.165) is 11.3 Å². The van der Waals surface area contributed by atoms with Crippen LogP contribution < -0.4 is 0 Å². The number of hydrogen-bond donors (Lipinski definition) is 1. The summed E-state index contributed by atoms with van der Waals surface area (Å²) < 4.78 is 27.6. The SMILES string of the molecule is COC1=CCC(O)(c2ccccc2)C=C1.[C-]#[O+].[C-]#[O+].[C-]#[O+].[Fe]. The number of aliphatic hydroxyl groups is 1. The Morgan fingerprint density at radius 3 is 1.91 bits per heavy atom. The van der Waals surface area contributed by atoms with Crippen molar-refractivity contribution in [2.75, 3.05) is 7.11 Å². The summed E-state index contributed by atoms with van der Waals surface area (Å²) in [6, 6.07) is 9.65. The average molecular weight is 342 g/mol. The molecule has 2 rings (SSSR count). The van der Waals surface area contributed by atoms with Crippen LogP contribution in [0.15, 0.2) is 54.3 Å². The van der Waals surface area contributed by atoms with Gasteiger partial charge in [0.1, 0.15) is 11.4 Å². The van der Waals surface area contributed by atoms with Crippen LogP contribution in [0.2, 0.25) is 0 Å². The topological polar surface area (TPSA) is 89.2 Å². The number of methoxy groups -OCH3 is 1. The van der Waals surface area contributed by atoms with E-state index in [1.54, 1.807) is 19.3 Å². The Morgan fingerprint density at radius 1 is 1.05 bits per heavy atom. The molecule has 1 unspecified atom stereocenters. The summed E-state index contributed by atoms with van der Waals surface area (Å²) in [6.07, 6.45) is 6.03. The summed E-state index contributed by atoms with van der Waals surface area (Å²) in [4.78, 5) is 0. The molecule has 1 aromatic rings. The van der Waals surface area contributed by atoms with Crippen LogP contribution in [0.3, 0.4) is 0 Å². The van der Waals surface area contributed by atoms with Gasteiger partial charge in [0.05, 0.1) is 7.11 Å². The van der Waals surface area contributed by atoms with E-state index < -0.39 is 5.60 Å². The van der Waals surface area contributed by atoms with Crippen LogP contribution in [-0.2, 0) is 41.4 Å². The minimum absolute atomic E-state index is 0. The summed E-state index contributed by atoms with van der Waals surface area (Å²) in [6.45, 7) is 13.5. The molecule has 6 heteroatoms. The van der Waals surface area contributed by atoms with Gasteiger partial charge in [0.25, 0.3) is 0 Å². The van der Waals surface area contributed by atoms with Crippen LogP contribution in [-0.4, -0.2) is 12.2 Å². The van der Waals surface area contributed by atoms with Crippen molar-refractivity contribution in [3.63, 3.8) is 0 Å². The van der Waals surface area contributed by atoms with Gasteiger partial charge in [-0.2, -0.15) is 0 Å². The second-order valence-electron chi connectivity index (χ2n) is 3.64. The quantitative estimate of drug-likeness (QED) is 0.507. The first-order valence-corrected chi connectivity index (χ1v) is 5.57. The number of benzene rings is 1. The van der Waals surface area contributed by atoms with Gasteiger partial charge in [0, 0.05) is 23.5 Å². The van der Waals surface area contributed by atoms with Gasteiger partial charge in [-0.25, -0.2) is 0 Å². The molecule has 0 saturated carbocycles. The molecule has 0 bridgehead atoms. The molecular formula is C16H14FeO5. The Kier molecular flexibility index (Phi) is 17.8. The van der Waals surface area contributed by atoms with Gasteiger partial charge in [-0.3, -0.25) is 0 Å². The normalized spacial score (nSPS) is 17.2. The minimum atomic E-state index is -0.886. The maximum absolute atomic E-state index is 10.4. The molecule has 0 radical (unpaired) electrons. The zero-order valence-electron chi connectivity index (χ0n) is 11.8. The van der Waals surface area contributed by atoms with Crippen molar-refractivity contribution in [1.82, 2.24) is 0 Å². The van der Waals surface area contributed by atoms with Gasteiger partial charge < -0.3 is 9.84 Å². The summed E-state index contributed by atoms with van der Waals surface area (Å²) in [5, 5.41) is 10.4. The molecule has 0 amide bonds. The molecule has 0 saturated heterocycles. The van der Waals surface area contributed by atoms with E-state index >= 15 is 0 Å². The van der Waals surface area contributed by atoms with Crippen LogP contribution in [0.4, 0.5) is 0 Å². The van der Waals surface area contributed by atoms with Crippen LogP contribution in [0, 0.1) is 20.0 Å². The minimum Gasteiger partial charge on any atom is 0 e. The standard InChI is InChI=1S/C13H14O2.3CO.Fe/c1-15-12-7-9-13(14,10-8-12)11-5-3-2-4-6-11;3*1-2;/h2-9,14H,10H2,1H3;;;;. The summed E-state index contributed by atoms with van der Waals surface area (Å²) in [5.74, 6) is 0.801. The molecular weight excluding hydrogens is 328 g/mol. The molecule has 0 spiro atoms. The van der Waals surface area contributed by atoms with Crippen molar-refractivity contribution in [2.24, 2.45) is 0 Å². The summed E-state index contributed by atoms with van der Waals surface area (Å²) in [5.41, 5.74) is 0.0242. The molecule has 0 aromatic heterocycles. The fraction of sp³-hybridized carbons (Fsp3) is 0.188. The zero-order valence-corrected chi connectivity index (χ0v) is 12.9. The van der Waals surface area contributed by atoms with Gasteiger partial charge in [-0.05, 0) is 23.8 Å². The van der Waals surface area contributed by atoms with Crippen LogP contribution in [0.5, 0.6) is 0 Å². The maximum atomic E-state index is 10.4. The average Bonchev–Trinajstić information content (AvgIpc) is 2.62. The van der Waals surface area contributed by atoms with Gasteiger partial charge >= 0.3 is 33.9 Å². The Morgan fingerprint density at radius 2 is 1.55 bits per heavy atom. The van der Waals surface area contributed by atoms with Crippen molar-refractivity contribution in [3.05, 3.63) is 79.8 Å². The van der Waals surface area contributed by atoms with E-state index in [4.69, 9.17) is 18.7 Å². The predicted octanol–water partition coefficient (Wildman–Crippen LogP) is 2.25. The molecule has 1 aliphatic rings. The second-order valence-corrected chi connectivity index (χ2v) is 3.64. The Bertz CT molecular complexity index is 502. The van der Waals surface area contributed by atoms with Crippen molar-refractivity contribution >= 4 is 0 Å².